The average Bonchev–Trinajstić information content (AvgIpc) is 3.52. The lowest BCUT2D eigenvalue weighted by molar-refractivity contribution is -0.137. The number of halogens is 3. The molecule has 1 atom stereocenters. The summed E-state index contributed by atoms with van der Waals surface area (Å²) in [5.74, 6) is -0.0879. The third-order valence-electron chi connectivity index (χ3n) is 5.96. The summed E-state index contributed by atoms with van der Waals surface area (Å²) >= 11 is 0. The Bertz CT molecular complexity index is 1340. The fourth-order valence-electron chi connectivity index (χ4n) is 3.94. The number of alkyl halides is 3. The third-order valence-corrected chi connectivity index (χ3v) is 6.97. The highest BCUT2D eigenvalue weighted by Crippen LogP contribution is 2.30. The third kappa shape index (κ3) is 6.18. The highest BCUT2D eigenvalue weighted by molar-refractivity contribution is 7.92. The molecule has 1 amide bonds. The first-order chi connectivity index (χ1) is 17.0. The maximum absolute atomic E-state index is 12.8. The number of carbonyl (C=O) groups excluding carboxylic acids is 1. The molecule has 8 nitrogen and oxygen atoms in total. The van der Waals surface area contributed by atoms with Crippen molar-refractivity contribution < 1.29 is 26.4 Å². The van der Waals surface area contributed by atoms with Crippen LogP contribution in [0.25, 0.3) is 11.3 Å². The second-order valence-corrected chi connectivity index (χ2v) is 10.3. The van der Waals surface area contributed by atoms with Gasteiger partial charge in [0, 0.05) is 36.2 Å². The van der Waals surface area contributed by atoms with E-state index in [9.17, 15) is 26.4 Å². The van der Waals surface area contributed by atoms with Crippen LogP contribution in [0.3, 0.4) is 0 Å². The fraction of sp³-hybridized carbons (Fsp3) is 0.292. The summed E-state index contributed by atoms with van der Waals surface area (Å²) in [6.07, 6.45) is -2.05. The van der Waals surface area contributed by atoms with Gasteiger partial charge in [-0.3, -0.25) is 4.79 Å². The van der Waals surface area contributed by atoms with Crippen LogP contribution < -0.4 is 4.72 Å². The minimum Gasteiger partial charge on any atom is -0.338 e. The molecule has 12 heteroatoms. The molecule has 0 spiro atoms. The van der Waals surface area contributed by atoms with Crippen molar-refractivity contribution in [2.45, 2.75) is 19.1 Å². The lowest BCUT2D eigenvalue weighted by Crippen LogP contribution is -2.32. The van der Waals surface area contributed by atoms with Crippen molar-refractivity contribution in [2.75, 3.05) is 19.6 Å². The Balaban J connectivity index is 1.33. The molecule has 0 radical (unpaired) electrons. The summed E-state index contributed by atoms with van der Waals surface area (Å²) in [5.41, 5.74) is 1.64. The lowest BCUT2D eigenvalue weighted by atomic mass is 10.1. The van der Waals surface area contributed by atoms with Crippen molar-refractivity contribution in [3.05, 3.63) is 83.4 Å². The zero-order valence-electron chi connectivity index (χ0n) is 19.1. The number of hydrogen-bond donors (Lipinski definition) is 1. The Labute approximate surface area is 206 Å². The van der Waals surface area contributed by atoms with Crippen LogP contribution >= 0.6 is 0 Å². The molecule has 0 bridgehead atoms. The number of aromatic nitrogens is 3. The van der Waals surface area contributed by atoms with Crippen LogP contribution in [0.5, 0.6) is 0 Å². The van der Waals surface area contributed by atoms with Crippen molar-refractivity contribution in [1.29, 1.82) is 0 Å². The fourth-order valence-corrected chi connectivity index (χ4v) is 4.52. The first kappa shape index (κ1) is 25.6. The maximum Gasteiger partial charge on any atom is 0.416 e. The number of sulfonamides is 1. The van der Waals surface area contributed by atoms with Gasteiger partial charge < -0.3 is 4.90 Å². The number of nitrogens with one attached hydrogen (secondary N) is 1. The smallest absolute Gasteiger partial charge is 0.338 e. The molecule has 1 aromatic heterocycles. The lowest BCUT2D eigenvalue weighted by Gasteiger charge is -2.17. The van der Waals surface area contributed by atoms with Crippen LogP contribution in [-0.2, 0) is 22.7 Å². The SMILES string of the molecule is C=CS(=O)(=O)NC[C@H]1CCN(C(=O)c2ccc(Cn3cc(-c4ccc(C(F)(F)F)cc4)nn3)cc2)C1. The Hall–Kier alpha value is -3.51. The molecule has 0 saturated carbocycles. The normalized spacial score (nSPS) is 16.3. The van der Waals surface area contributed by atoms with E-state index in [2.05, 4.69) is 21.6 Å². The average molecular weight is 520 g/mol. The number of amides is 1. The molecule has 2 aromatic carbocycles. The van der Waals surface area contributed by atoms with Gasteiger partial charge in [0.1, 0.15) is 5.69 Å². The molecular formula is C24H24F3N5O3S. The molecule has 4 rings (SSSR count). The van der Waals surface area contributed by atoms with Crippen LogP contribution in [0.1, 0.15) is 27.9 Å². The molecule has 2 heterocycles. The summed E-state index contributed by atoms with van der Waals surface area (Å²) in [4.78, 5) is 14.5. The van der Waals surface area contributed by atoms with E-state index in [1.165, 1.54) is 12.1 Å². The van der Waals surface area contributed by atoms with Crippen LogP contribution in [0.15, 0.2) is 66.7 Å². The van der Waals surface area contributed by atoms with Gasteiger partial charge in [0.25, 0.3) is 5.91 Å². The van der Waals surface area contributed by atoms with Gasteiger partial charge in [-0.1, -0.05) is 36.1 Å². The van der Waals surface area contributed by atoms with Crippen molar-refractivity contribution in [3.8, 4) is 11.3 Å². The molecule has 1 N–H and O–H groups in total. The van der Waals surface area contributed by atoms with E-state index in [0.29, 0.717) is 42.9 Å². The topological polar surface area (TPSA) is 97.2 Å². The van der Waals surface area contributed by atoms with E-state index in [1.807, 2.05) is 0 Å². The second-order valence-electron chi connectivity index (χ2n) is 8.54. The second kappa shape index (κ2) is 10.2. The molecule has 190 valence electrons. The van der Waals surface area contributed by atoms with Gasteiger partial charge in [-0.15, -0.1) is 5.10 Å². The Morgan fingerprint density at radius 2 is 1.83 bits per heavy atom. The minimum atomic E-state index is -4.40. The van der Waals surface area contributed by atoms with Crippen molar-refractivity contribution in [3.63, 3.8) is 0 Å². The highest BCUT2D eigenvalue weighted by atomic mass is 32.2. The van der Waals surface area contributed by atoms with E-state index >= 15 is 0 Å². The van der Waals surface area contributed by atoms with Gasteiger partial charge in [0.05, 0.1) is 18.3 Å². The van der Waals surface area contributed by atoms with Crippen LogP contribution in [0, 0.1) is 5.92 Å². The van der Waals surface area contributed by atoms with Crippen LogP contribution in [-0.4, -0.2) is 53.9 Å². The molecule has 0 unspecified atom stereocenters. The van der Waals surface area contributed by atoms with Crippen molar-refractivity contribution in [2.24, 2.45) is 5.92 Å². The summed E-state index contributed by atoms with van der Waals surface area (Å²) in [5, 5.41) is 8.94. The molecule has 1 saturated heterocycles. The van der Waals surface area contributed by atoms with E-state index in [-0.39, 0.29) is 18.4 Å². The molecule has 36 heavy (non-hydrogen) atoms. The van der Waals surface area contributed by atoms with Gasteiger partial charge in [0.2, 0.25) is 10.0 Å². The van der Waals surface area contributed by atoms with Gasteiger partial charge in [-0.25, -0.2) is 17.8 Å². The van der Waals surface area contributed by atoms with E-state index in [4.69, 9.17) is 0 Å². The summed E-state index contributed by atoms with van der Waals surface area (Å²) in [6.45, 7) is 4.90. The van der Waals surface area contributed by atoms with Gasteiger partial charge >= 0.3 is 6.18 Å². The number of rotatable bonds is 8. The molecule has 0 aliphatic carbocycles. The number of likely N-dealkylation sites (tertiary alicyclic amines) is 1. The largest absolute Gasteiger partial charge is 0.416 e. The first-order valence-electron chi connectivity index (χ1n) is 11.1. The van der Waals surface area contributed by atoms with Gasteiger partial charge in [-0.2, -0.15) is 13.2 Å². The molecule has 3 aromatic rings. The van der Waals surface area contributed by atoms with Crippen molar-refractivity contribution in [1.82, 2.24) is 24.6 Å². The zero-order valence-corrected chi connectivity index (χ0v) is 20.0. The van der Waals surface area contributed by atoms with Crippen LogP contribution in [0.2, 0.25) is 0 Å². The van der Waals surface area contributed by atoms with E-state index < -0.39 is 21.8 Å². The highest BCUT2D eigenvalue weighted by Gasteiger charge is 2.30. The summed E-state index contributed by atoms with van der Waals surface area (Å²) in [6, 6.07) is 11.8. The van der Waals surface area contributed by atoms with Gasteiger partial charge in [-0.05, 0) is 42.2 Å². The van der Waals surface area contributed by atoms with Gasteiger partial charge in [0.15, 0.2) is 0 Å². The Morgan fingerprint density at radius 1 is 1.14 bits per heavy atom. The number of carbonyl (C=O) groups is 1. The first-order valence-corrected chi connectivity index (χ1v) is 12.7. The quantitative estimate of drug-likeness (QED) is 0.491. The summed E-state index contributed by atoms with van der Waals surface area (Å²) in [7, 11) is -3.49. The molecule has 1 fully saturated rings. The maximum atomic E-state index is 12.8. The van der Waals surface area contributed by atoms with Crippen LogP contribution in [0.4, 0.5) is 13.2 Å². The number of hydrogen-bond acceptors (Lipinski definition) is 5. The van der Waals surface area contributed by atoms with Crippen molar-refractivity contribution >= 4 is 15.9 Å². The number of nitrogens with zero attached hydrogens (tertiary/aromatic N) is 4. The number of benzene rings is 2. The van der Waals surface area contributed by atoms with E-state index in [0.717, 1.165) is 23.1 Å². The minimum absolute atomic E-state index is 0.0362. The molecule has 1 aliphatic rings. The summed E-state index contributed by atoms with van der Waals surface area (Å²) < 4.78 is 65.3. The Kier molecular flexibility index (Phi) is 7.27. The predicted octanol–water partition coefficient (Wildman–Crippen LogP) is 3.54. The molecular weight excluding hydrogens is 495 g/mol. The zero-order chi connectivity index (χ0) is 25.9. The predicted molar refractivity (Wildman–Crippen MR) is 127 cm³/mol. The standard InChI is InChI=1S/C24H24F3N5O3S/c1-2-36(34,35)28-13-18-11-12-31(14-18)23(33)20-5-3-17(4-6-20)15-32-16-22(29-30-32)19-7-9-21(10-8-19)24(25,26)27/h2-10,16,18,28H,1,11-15H2/t18-/m1/s1. The monoisotopic (exact) mass is 519 g/mol. The Morgan fingerprint density at radius 3 is 2.47 bits per heavy atom. The van der Waals surface area contributed by atoms with E-state index in [1.54, 1.807) is 40.0 Å². The molecule has 1 aliphatic heterocycles.